The molecule has 4 saturated carbocycles. The Kier molecular flexibility index (Phi) is 9.38. The van der Waals surface area contributed by atoms with Crippen molar-refractivity contribution in [1.82, 2.24) is 0 Å². The van der Waals surface area contributed by atoms with E-state index >= 15 is 0 Å². The van der Waals surface area contributed by atoms with Crippen molar-refractivity contribution in [3.8, 4) is 0 Å². The summed E-state index contributed by atoms with van der Waals surface area (Å²) in [6.07, 6.45) is 11.7. The minimum atomic E-state index is -1.88. The van der Waals surface area contributed by atoms with E-state index in [-0.39, 0.29) is 18.8 Å². The molecule has 2 atom stereocenters. The molecule has 0 spiro atoms. The highest BCUT2D eigenvalue weighted by Crippen LogP contribution is 2.48. The van der Waals surface area contributed by atoms with Gasteiger partial charge in [-0.15, -0.1) is 0 Å². The minimum absolute atomic E-state index is 0.0716. The van der Waals surface area contributed by atoms with E-state index < -0.39 is 18.5 Å². The summed E-state index contributed by atoms with van der Waals surface area (Å²) in [4.78, 5) is 0. The summed E-state index contributed by atoms with van der Waals surface area (Å²) >= 11 is 0. The molecule has 0 bridgehead atoms. The smallest absolute Gasteiger partial charge is 0.162 e. The molecule has 4 aliphatic rings. The SMILES string of the molecule is CC1CCC(C2CCC(C3CCC(C4CC(F)C(F)C(F)C4)CC3)CC2)CC1.CF. The number of halogens is 4. The summed E-state index contributed by atoms with van der Waals surface area (Å²) in [6.45, 7) is 2.41. The molecule has 0 heterocycles. The van der Waals surface area contributed by atoms with Gasteiger partial charge in [-0.1, -0.05) is 19.8 Å². The van der Waals surface area contributed by atoms with Gasteiger partial charge in [-0.25, -0.2) is 13.2 Å². The molecule has 4 rings (SSSR count). The van der Waals surface area contributed by atoms with E-state index in [9.17, 15) is 17.6 Å². The van der Waals surface area contributed by atoms with Gasteiger partial charge in [0.2, 0.25) is 0 Å². The van der Waals surface area contributed by atoms with Crippen LogP contribution in [0, 0.1) is 41.4 Å². The monoisotopic (exact) mass is 432 g/mol. The van der Waals surface area contributed by atoms with Crippen molar-refractivity contribution in [2.24, 2.45) is 41.4 Å². The highest BCUT2D eigenvalue weighted by atomic mass is 19.2. The molecule has 4 aliphatic carbocycles. The van der Waals surface area contributed by atoms with Crippen LogP contribution in [0.3, 0.4) is 0 Å². The Balaban J connectivity index is 0.00000124. The highest BCUT2D eigenvalue weighted by molar-refractivity contribution is 4.92. The largest absolute Gasteiger partial charge is 0.255 e. The molecular formula is C26H44F4. The number of hydrogen-bond acceptors (Lipinski definition) is 0. The average Bonchev–Trinajstić information content (AvgIpc) is 2.79. The molecule has 0 saturated heterocycles. The second-order valence-corrected chi connectivity index (χ2v) is 11.1. The van der Waals surface area contributed by atoms with Gasteiger partial charge < -0.3 is 0 Å². The normalized spacial score (nSPS) is 47.8. The van der Waals surface area contributed by atoms with Gasteiger partial charge in [0.15, 0.2) is 6.17 Å². The third-order valence-corrected chi connectivity index (χ3v) is 9.44. The van der Waals surface area contributed by atoms with Crippen molar-refractivity contribution in [3.05, 3.63) is 0 Å². The van der Waals surface area contributed by atoms with Crippen LogP contribution < -0.4 is 0 Å². The molecule has 0 amide bonds. The van der Waals surface area contributed by atoms with Crippen molar-refractivity contribution < 1.29 is 17.6 Å². The Morgan fingerprint density at radius 1 is 0.433 bits per heavy atom. The predicted octanol–water partition coefficient (Wildman–Crippen LogP) is 8.44. The fourth-order valence-corrected chi connectivity index (χ4v) is 7.48. The second-order valence-electron chi connectivity index (χ2n) is 11.1. The maximum atomic E-state index is 13.8. The van der Waals surface area contributed by atoms with Crippen LogP contribution >= 0.6 is 0 Å². The van der Waals surface area contributed by atoms with Gasteiger partial charge in [-0.2, -0.15) is 0 Å². The molecule has 176 valence electrons. The Morgan fingerprint density at radius 3 is 1.03 bits per heavy atom. The van der Waals surface area contributed by atoms with E-state index in [0.717, 1.165) is 42.4 Å². The molecule has 0 nitrogen and oxygen atoms in total. The van der Waals surface area contributed by atoms with Crippen molar-refractivity contribution >= 4 is 0 Å². The second kappa shape index (κ2) is 11.5. The maximum absolute atomic E-state index is 13.8. The summed E-state index contributed by atoms with van der Waals surface area (Å²) in [5.74, 6) is 5.17. The minimum Gasteiger partial charge on any atom is -0.255 e. The van der Waals surface area contributed by atoms with Gasteiger partial charge in [0.05, 0.1) is 7.18 Å². The molecular weight excluding hydrogens is 388 g/mol. The van der Waals surface area contributed by atoms with Crippen LogP contribution in [0.25, 0.3) is 0 Å². The molecule has 2 unspecified atom stereocenters. The van der Waals surface area contributed by atoms with Crippen LogP contribution in [0.1, 0.15) is 96.8 Å². The van der Waals surface area contributed by atoms with E-state index in [1.807, 2.05) is 0 Å². The van der Waals surface area contributed by atoms with Gasteiger partial charge >= 0.3 is 0 Å². The summed E-state index contributed by atoms with van der Waals surface area (Å²) in [5.41, 5.74) is 0. The van der Waals surface area contributed by atoms with Gasteiger partial charge in [-0.3, -0.25) is 4.39 Å². The third kappa shape index (κ3) is 5.94. The summed E-state index contributed by atoms with van der Waals surface area (Å²) in [6, 6.07) is 0. The van der Waals surface area contributed by atoms with Gasteiger partial charge in [0.1, 0.15) is 12.3 Å². The molecule has 0 aliphatic heterocycles. The van der Waals surface area contributed by atoms with Crippen LogP contribution in [0.5, 0.6) is 0 Å². The number of alkyl halides is 4. The van der Waals surface area contributed by atoms with Crippen molar-refractivity contribution in [2.45, 2.75) is 115 Å². The molecule has 0 aromatic carbocycles. The first-order valence-corrected chi connectivity index (χ1v) is 12.8. The zero-order valence-electron chi connectivity index (χ0n) is 19.2. The first kappa shape index (κ1) is 24.4. The van der Waals surface area contributed by atoms with Gasteiger partial charge in [0.25, 0.3) is 0 Å². The van der Waals surface area contributed by atoms with Crippen LogP contribution in [-0.2, 0) is 0 Å². The lowest BCUT2D eigenvalue weighted by Crippen LogP contribution is -2.40. The Morgan fingerprint density at radius 2 is 0.700 bits per heavy atom. The Hall–Kier alpha value is -0.280. The summed E-state index contributed by atoms with van der Waals surface area (Å²) in [7, 11) is 0.500. The lowest BCUT2D eigenvalue weighted by atomic mass is 9.63. The van der Waals surface area contributed by atoms with E-state index in [0.29, 0.717) is 13.1 Å². The Labute approximate surface area is 182 Å². The van der Waals surface area contributed by atoms with Gasteiger partial charge in [-0.05, 0) is 118 Å². The molecule has 30 heavy (non-hydrogen) atoms. The van der Waals surface area contributed by atoms with Crippen LogP contribution in [-0.4, -0.2) is 25.7 Å². The molecule has 0 radical (unpaired) electrons. The molecule has 0 aromatic heterocycles. The van der Waals surface area contributed by atoms with E-state index in [1.54, 1.807) is 0 Å². The zero-order valence-corrected chi connectivity index (χ0v) is 19.2. The predicted molar refractivity (Wildman–Crippen MR) is 116 cm³/mol. The highest BCUT2D eigenvalue weighted by Gasteiger charge is 2.43. The van der Waals surface area contributed by atoms with E-state index in [4.69, 9.17) is 0 Å². The Bertz CT molecular complexity index is 461. The van der Waals surface area contributed by atoms with Crippen LogP contribution in [0.2, 0.25) is 0 Å². The summed E-state index contributed by atoms with van der Waals surface area (Å²) in [5, 5.41) is 0. The molecule has 4 fully saturated rings. The topological polar surface area (TPSA) is 0 Å². The van der Waals surface area contributed by atoms with Gasteiger partial charge in [0, 0.05) is 0 Å². The van der Waals surface area contributed by atoms with E-state index in [1.165, 1.54) is 64.2 Å². The number of hydrogen-bond donors (Lipinski definition) is 0. The first-order valence-electron chi connectivity index (χ1n) is 12.8. The molecule has 0 N–H and O–H groups in total. The molecule has 4 heteroatoms. The van der Waals surface area contributed by atoms with Crippen molar-refractivity contribution in [3.63, 3.8) is 0 Å². The van der Waals surface area contributed by atoms with Crippen LogP contribution in [0.15, 0.2) is 0 Å². The van der Waals surface area contributed by atoms with Crippen molar-refractivity contribution in [2.75, 3.05) is 7.18 Å². The lowest BCUT2D eigenvalue weighted by molar-refractivity contribution is -0.00742. The third-order valence-electron chi connectivity index (χ3n) is 9.44. The number of rotatable bonds is 3. The molecule has 0 aromatic rings. The maximum Gasteiger partial charge on any atom is 0.162 e. The fourth-order valence-electron chi connectivity index (χ4n) is 7.48. The fraction of sp³-hybridized carbons (Fsp3) is 1.00. The van der Waals surface area contributed by atoms with E-state index in [2.05, 4.69) is 6.92 Å². The zero-order chi connectivity index (χ0) is 21.7. The lowest BCUT2D eigenvalue weighted by Gasteiger charge is -2.43. The van der Waals surface area contributed by atoms with Crippen LogP contribution in [0.4, 0.5) is 17.6 Å². The average molecular weight is 433 g/mol. The first-order chi connectivity index (χ1) is 14.5. The summed E-state index contributed by atoms with van der Waals surface area (Å²) < 4.78 is 50.5. The standard InChI is InChI=1S/C25H41F3.CH3F/c1-16-2-4-17(5-3-16)18-6-8-19(9-7-18)20-10-12-21(13-11-20)22-14-23(26)25(28)24(27)15-22;1-2/h16-25H,2-15H2,1H3;1H3. The van der Waals surface area contributed by atoms with Crippen molar-refractivity contribution in [1.29, 1.82) is 0 Å². The quantitative estimate of drug-likeness (QED) is 0.393.